The molecular weight excluding hydrogens is 437 g/mol. The van der Waals surface area contributed by atoms with Crippen LogP contribution < -0.4 is 11.1 Å². The number of urea groups is 1. The van der Waals surface area contributed by atoms with Crippen LogP contribution in [0, 0.1) is 0 Å². The summed E-state index contributed by atoms with van der Waals surface area (Å²) in [7, 11) is 1.61. The Labute approximate surface area is 190 Å². The number of carbonyl (C=O) groups excluding carboxylic acids is 2. The number of hydrogen-bond acceptors (Lipinski definition) is 4. The molecule has 2 unspecified atom stereocenters. The van der Waals surface area contributed by atoms with Crippen LogP contribution in [0.4, 0.5) is 23.7 Å². The summed E-state index contributed by atoms with van der Waals surface area (Å²) >= 11 is 0. The van der Waals surface area contributed by atoms with Crippen LogP contribution in [-0.2, 0) is 17.4 Å². The molecule has 2 aromatic carbocycles. The van der Waals surface area contributed by atoms with Crippen LogP contribution in [-0.4, -0.2) is 59.6 Å². The molecule has 0 aromatic heterocycles. The van der Waals surface area contributed by atoms with Crippen molar-refractivity contribution < 1.29 is 27.9 Å². The van der Waals surface area contributed by atoms with Gasteiger partial charge in [-0.05, 0) is 35.7 Å². The Morgan fingerprint density at radius 3 is 2.52 bits per heavy atom. The second-order valence-corrected chi connectivity index (χ2v) is 8.21. The van der Waals surface area contributed by atoms with E-state index in [2.05, 4.69) is 5.32 Å². The number of benzene rings is 2. The average Bonchev–Trinajstić information content (AvgIpc) is 3.16. The molecule has 4 N–H and O–H groups in total. The molecule has 0 saturated carbocycles. The minimum Gasteiger partial charge on any atom is -0.392 e. The van der Waals surface area contributed by atoms with Gasteiger partial charge in [0.15, 0.2) is 0 Å². The Morgan fingerprint density at radius 1 is 1.24 bits per heavy atom. The number of β-amino-alcohol motifs (C(OH)–C–C–N with tert-alkyl or cyclic N) is 1. The molecule has 33 heavy (non-hydrogen) atoms. The van der Waals surface area contributed by atoms with Gasteiger partial charge in [0.1, 0.15) is 0 Å². The van der Waals surface area contributed by atoms with E-state index in [1.807, 2.05) is 4.90 Å². The molecule has 0 bridgehead atoms. The third kappa shape index (κ3) is 6.69. The highest BCUT2D eigenvalue weighted by atomic mass is 19.4. The fraction of sp³-hybridized carbons (Fsp3) is 0.391. The van der Waals surface area contributed by atoms with Crippen LogP contribution in [0.2, 0.25) is 0 Å². The van der Waals surface area contributed by atoms with Crippen LogP contribution in [0.15, 0.2) is 48.5 Å². The van der Waals surface area contributed by atoms with Crippen LogP contribution in [0.5, 0.6) is 0 Å². The van der Waals surface area contributed by atoms with Crippen LogP contribution in [0.1, 0.15) is 29.2 Å². The van der Waals surface area contributed by atoms with E-state index in [1.165, 1.54) is 17.0 Å². The van der Waals surface area contributed by atoms with Crippen LogP contribution >= 0.6 is 0 Å². The number of carbonyl (C=O) groups is 2. The Kier molecular flexibility index (Phi) is 7.60. The summed E-state index contributed by atoms with van der Waals surface area (Å²) in [6, 6.07) is 10.5. The number of amides is 3. The van der Waals surface area contributed by atoms with Gasteiger partial charge < -0.3 is 21.1 Å². The lowest BCUT2D eigenvalue weighted by molar-refractivity contribution is -0.138. The molecule has 10 heteroatoms. The number of rotatable bonds is 7. The maximum atomic E-state index is 13.0. The first kappa shape index (κ1) is 24.5. The fourth-order valence-corrected chi connectivity index (χ4v) is 3.94. The van der Waals surface area contributed by atoms with Crippen molar-refractivity contribution in [2.24, 2.45) is 5.73 Å². The third-order valence-corrected chi connectivity index (χ3v) is 5.71. The number of primary amides is 1. The number of anilines is 1. The number of nitrogens with two attached hydrogens (primary N) is 1. The summed E-state index contributed by atoms with van der Waals surface area (Å²) in [5, 5.41) is 12.3. The number of likely N-dealkylation sites (tertiary alicyclic amines) is 1. The fourth-order valence-electron chi connectivity index (χ4n) is 3.94. The number of halogens is 3. The van der Waals surface area contributed by atoms with Gasteiger partial charge in [-0.25, -0.2) is 4.79 Å². The summed E-state index contributed by atoms with van der Waals surface area (Å²) < 4.78 is 39.1. The number of nitrogens with zero attached hydrogens (tertiary/aromatic N) is 2. The summed E-state index contributed by atoms with van der Waals surface area (Å²) in [6.07, 6.45) is -4.46. The van der Waals surface area contributed by atoms with Gasteiger partial charge in [-0.1, -0.05) is 30.3 Å². The van der Waals surface area contributed by atoms with Crippen LogP contribution in [0.3, 0.4) is 0 Å². The summed E-state index contributed by atoms with van der Waals surface area (Å²) in [5.74, 6) is -0.335. The smallest absolute Gasteiger partial charge is 0.392 e. The topological polar surface area (TPSA) is 98.9 Å². The zero-order valence-electron chi connectivity index (χ0n) is 18.2. The Hall–Kier alpha value is -3.11. The van der Waals surface area contributed by atoms with Gasteiger partial charge in [-0.3, -0.25) is 9.69 Å². The van der Waals surface area contributed by atoms with Gasteiger partial charge >= 0.3 is 12.2 Å². The van der Waals surface area contributed by atoms with Crippen molar-refractivity contribution in [3.63, 3.8) is 0 Å². The lowest BCUT2D eigenvalue weighted by Gasteiger charge is -2.32. The molecule has 0 radical (unpaired) electrons. The monoisotopic (exact) mass is 464 g/mol. The van der Waals surface area contributed by atoms with Crippen LogP contribution in [0.25, 0.3) is 0 Å². The number of aliphatic hydroxyl groups is 1. The minimum atomic E-state index is -4.48. The van der Waals surface area contributed by atoms with E-state index < -0.39 is 29.9 Å². The molecule has 1 aliphatic rings. The van der Waals surface area contributed by atoms with Crippen molar-refractivity contribution in [3.8, 4) is 0 Å². The Balaban J connectivity index is 1.80. The molecule has 0 aliphatic carbocycles. The zero-order valence-corrected chi connectivity index (χ0v) is 18.2. The second-order valence-electron chi connectivity index (χ2n) is 8.21. The third-order valence-electron chi connectivity index (χ3n) is 5.71. The highest BCUT2D eigenvalue weighted by Crippen LogP contribution is 2.30. The van der Waals surface area contributed by atoms with E-state index in [4.69, 9.17) is 5.73 Å². The summed E-state index contributed by atoms with van der Waals surface area (Å²) in [4.78, 5) is 27.7. The largest absolute Gasteiger partial charge is 0.416 e. The lowest BCUT2D eigenvalue weighted by atomic mass is 10.0. The predicted molar refractivity (Wildman–Crippen MR) is 117 cm³/mol. The molecule has 1 heterocycles. The molecule has 3 rings (SSSR count). The first-order valence-electron chi connectivity index (χ1n) is 10.5. The standard InChI is InChI=1S/C23H27F3N4O3/c1-29(21(32)12-15-3-2-4-17(11-15)23(24,25)26)20(14-30-10-9-19(31)13-30)16-5-7-18(8-6-16)28-22(27)33/h2-8,11,19-20,31H,9-10,12-14H2,1H3,(H3,27,28,33). The maximum absolute atomic E-state index is 13.0. The SMILES string of the molecule is CN(C(=O)Cc1cccc(C(F)(F)F)c1)C(CN1CCC(O)C1)c1ccc(NC(N)=O)cc1. The molecule has 1 fully saturated rings. The van der Waals surface area contributed by atoms with E-state index in [-0.39, 0.29) is 17.9 Å². The number of nitrogens with one attached hydrogen (secondary N) is 1. The van der Waals surface area contributed by atoms with Crippen molar-refractivity contribution in [2.75, 3.05) is 32.0 Å². The van der Waals surface area contributed by atoms with Gasteiger partial charge in [0.25, 0.3) is 0 Å². The highest BCUT2D eigenvalue weighted by molar-refractivity contribution is 5.87. The average molecular weight is 464 g/mol. The first-order chi connectivity index (χ1) is 15.5. The lowest BCUT2D eigenvalue weighted by Crippen LogP contribution is -2.39. The number of aliphatic hydroxyl groups excluding tert-OH is 1. The van der Waals surface area contributed by atoms with Crippen molar-refractivity contribution in [3.05, 3.63) is 65.2 Å². The highest BCUT2D eigenvalue weighted by Gasteiger charge is 2.31. The van der Waals surface area contributed by atoms with E-state index in [1.54, 1.807) is 31.3 Å². The number of likely N-dealkylation sites (N-methyl/N-ethyl adjacent to an activating group) is 1. The van der Waals surface area contributed by atoms with Crippen molar-refractivity contribution >= 4 is 17.6 Å². The molecule has 1 aliphatic heterocycles. The Bertz CT molecular complexity index is 982. The van der Waals surface area contributed by atoms with Gasteiger partial charge in [0, 0.05) is 32.4 Å². The van der Waals surface area contributed by atoms with E-state index in [0.29, 0.717) is 31.7 Å². The van der Waals surface area contributed by atoms with Gasteiger partial charge in [0.05, 0.1) is 24.1 Å². The molecule has 0 spiro atoms. The van der Waals surface area contributed by atoms with E-state index in [0.717, 1.165) is 17.7 Å². The maximum Gasteiger partial charge on any atom is 0.416 e. The summed E-state index contributed by atoms with van der Waals surface area (Å²) in [6.45, 7) is 1.60. The number of hydrogen-bond donors (Lipinski definition) is 3. The molecule has 1 saturated heterocycles. The zero-order chi connectivity index (χ0) is 24.2. The molecule has 2 atom stereocenters. The van der Waals surface area contributed by atoms with Gasteiger partial charge in [-0.2, -0.15) is 13.2 Å². The van der Waals surface area contributed by atoms with Crippen molar-refractivity contribution in [2.45, 2.75) is 31.2 Å². The van der Waals surface area contributed by atoms with Gasteiger partial charge in [0.2, 0.25) is 5.91 Å². The quantitative estimate of drug-likeness (QED) is 0.587. The van der Waals surface area contributed by atoms with E-state index in [9.17, 15) is 27.9 Å². The first-order valence-corrected chi connectivity index (χ1v) is 10.5. The van der Waals surface area contributed by atoms with E-state index >= 15 is 0 Å². The van der Waals surface area contributed by atoms with Gasteiger partial charge in [-0.15, -0.1) is 0 Å². The minimum absolute atomic E-state index is 0.180. The van der Waals surface area contributed by atoms with Crippen molar-refractivity contribution in [1.82, 2.24) is 9.80 Å². The second kappa shape index (κ2) is 10.2. The molecular formula is C23H27F3N4O3. The van der Waals surface area contributed by atoms with Crippen molar-refractivity contribution in [1.29, 1.82) is 0 Å². The summed E-state index contributed by atoms with van der Waals surface area (Å²) in [5.41, 5.74) is 5.90. The number of alkyl halides is 3. The molecule has 178 valence electrons. The molecule has 3 amide bonds. The molecule has 7 nitrogen and oxygen atoms in total. The Morgan fingerprint density at radius 2 is 1.94 bits per heavy atom. The normalized spacial score (nSPS) is 17.5. The molecule has 2 aromatic rings. The predicted octanol–water partition coefficient (Wildman–Crippen LogP) is 3.00.